The van der Waals surface area contributed by atoms with E-state index in [2.05, 4.69) is 5.32 Å². The molecule has 0 spiro atoms. The minimum atomic E-state index is -1.24. The number of nitrogens with zero attached hydrogens (tertiary/aromatic N) is 1. The number of benzene rings is 1. The van der Waals surface area contributed by atoms with Crippen molar-refractivity contribution in [1.29, 1.82) is 0 Å². The van der Waals surface area contributed by atoms with E-state index in [1.165, 1.54) is 11.6 Å². The van der Waals surface area contributed by atoms with Crippen LogP contribution in [0.3, 0.4) is 0 Å². The third-order valence-electron chi connectivity index (χ3n) is 4.12. The van der Waals surface area contributed by atoms with E-state index in [9.17, 15) is 19.5 Å². The highest BCUT2D eigenvalue weighted by Crippen LogP contribution is 2.34. The largest absolute Gasteiger partial charge is 0.506 e. The van der Waals surface area contributed by atoms with Gasteiger partial charge in [0.05, 0.1) is 5.52 Å². The highest BCUT2D eigenvalue weighted by atomic mass is 32.1. The highest BCUT2D eigenvalue weighted by molar-refractivity contribution is 7.13. The normalized spacial score (nSPS) is 10.8. The van der Waals surface area contributed by atoms with Crippen molar-refractivity contribution in [3.8, 4) is 16.2 Å². The van der Waals surface area contributed by atoms with Crippen LogP contribution in [0, 0.1) is 6.92 Å². The number of pyridine rings is 1. The van der Waals surface area contributed by atoms with Crippen molar-refractivity contribution in [2.75, 3.05) is 6.54 Å². The first-order chi connectivity index (χ1) is 12.3. The molecule has 26 heavy (non-hydrogen) atoms. The lowest BCUT2D eigenvalue weighted by molar-refractivity contribution is -0.135. The predicted octanol–water partition coefficient (Wildman–Crippen LogP) is 2.10. The van der Waals surface area contributed by atoms with Gasteiger partial charge in [0.25, 0.3) is 11.5 Å². The molecule has 0 saturated heterocycles. The zero-order chi connectivity index (χ0) is 19.0. The maximum atomic E-state index is 12.5. The van der Waals surface area contributed by atoms with Gasteiger partial charge in [-0.1, -0.05) is 6.07 Å². The summed E-state index contributed by atoms with van der Waals surface area (Å²) in [5.41, 5.74) is 1.24. The molecule has 1 aromatic carbocycles. The Labute approximate surface area is 152 Å². The van der Waals surface area contributed by atoms with Gasteiger partial charge >= 0.3 is 5.97 Å². The van der Waals surface area contributed by atoms with Crippen LogP contribution in [-0.2, 0) is 11.8 Å². The summed E-state index contributed by atoms with van der Waals surface area (Å²) in [5.74, 6) is -2.63. The third-order valence-corrected chi connectivity index (χ3v) is 5.19. The molecule has 0 bridgehead atoms. The minimum absolute atomic E-state index is 0.345. The Morgan fingerprint density at radius 1 is 1.27 bits per heavy atom. The van der Waals surface area contributed by atoms with Crippen molar-refractivity contribution < 1.29 is 19.8 Å². The topological polar surface area (TPSA) is 109 Å². The van der Waals surface area contributed by atoms with Crippen LogP contribution in [0.15, 0.2) is 34.4 Å². The Bertz CT molecular complexity index is 1100. The van der Waals surface area contributed by atoms with E-state index in [-0.39, 0.29) is 0 Å². The van der Waals surface area contributed by atoms with E-state index in [0.29, 0.717) is 10.9 Å². The molecule has 134 valence electrons. The number of aliphatic carboxylic acids is 1. The number of amides is 1. The van der Waals surface area contributed by atoms with Gasteiger partial charge in [-0.05, 0) is 41.6 Å². The lowest BCUT2D eigenvalue weighted by Gasteiger charge is -2.13. The number of carbonyl (C=O) groups is 2. The number of hydrogen-bond donors (Lipinski definition) is 3. The van der Waals surface area contributed by atoms with Crippen LogP contribution < -0.4 is 10.9 Å². The number of carboxylic acid groups (broad SMARTS) is 1. The average molecular weight is 372 g/mol. The van der Waals surface area contributed by atoms with Gasteiger partial charge in [-0.2, -0.15) is 0 Å². The molecule has 0 unspecified atom stereocenters. The van der Waals surface area contributed by atoms with Crippen LogP contribution in [0.5, 0.6) is 5.75 Å². The molecule has 0 fully saturated rings. The highest BCUT2D eigenvalue weighted by Gasteiger charge is 2.22. The van der Waals surface area contributed by atoms with E-state index < -0.39 is 35.3 Å². The molecule has 0 aliphatic heterocycles. The van der Waals surface area contributed by atoms with Gasteiger partial charge in [-0.3, -0.25) is 14.4 Å². The number of aryl methyl sites for hydroxylation is 2. The average Bonchev–Trinajstić information content (AvgIpc) is 3.03. The van der Waals surface area contributed by atoms with Crippen LogP contribution in [0.25, 0.3) is 21.3 Å². The molecular formula is C18H16N2O5S. The number of aromatic hydroxyl groups is 1. The molecule has 3 rings (SSSR count). The van der Waals surface area contributed by atoms with E-state index in [1.807, 2.05) is 24.4 Å². The molecule has 2 aromatic heterocycles. The number of carboxylic acids is 1. The van der Waals surface area contributed by atoms with Crippen LogP contribution in [0.4, 0.5) is 0 Å². The first-order valence-electron chi connectivity index (χ1n) is 7.71. The molecule has 8 heteroatoms. The van der Waals surface area contributed by atoms with E-state index in [4.69, 9.17) is 5.11 Å². The third kappa shape index (κ3) is 2.95. The summed E-state index contributed by atoms with van der Waals surface area (Å²) in [6, 6.07) is 7.26. The molecule has 0 radical (unpaired) electrons. The summed E-state index contributed by atoms with van der Waals surface area (Å²) in [6.45, 7) is 1.33. The molecule has 0 aliphatic rings. The van der Waals surface area contributed by atoms with Crippen molar-refractivity contribution in [3.63, 3.8) is 0 Å². The summed E-state index contributed by atoms with van der Waals surface area (Å²) in [4.78, 5) is 36.3. The van der Waals surface area contributed by atoms with Gasteiger partial charge in [0.2, 0.25) is 0 Å². The SMILES string of the molecule is Cc1ccsc1-c1ccc2c(c1)c(O)c(C(=O)NCC(=O)O)c(=O)n2C. The van der Waals surface area contributed by atoms with Crippen LogP contribution in [0.1, 0.15) is 15.9 Å². The molecule has 1 amide bonds. The van der Waals surface area contributed by atoms with Crippen molar-refractivity contribution in [2.24, 2.45) is 7.05 Å². The van der Waals surface area contributed by atoms with Gasteiger partial charge in [0.15, 0.2) is 0 Å². The summed E-state index contributed by atoms with van der Waals surface area (Å²) < 4.78 is 1.26. The molecule has 0 aliphatic carbocycles. The predicted molar refractivity (Wildman–Crippen MR) is 98.9 cm³/mol. The number of hydrogen-bond acceptors (Lipinski definition) is 5. The number of carbonyl (C=O) groups excluding carboxylic acids is 1. The van der Waals surface area contributed by atoms with E-state index in [0.717, 1.165) is 16.0 Å². The Hall–Kier alpha value is -3.13. The Kier molecular flexibility index (Phi) is 4.52. The lowest BCUT2D eigenvalue weighted by Crippen LogP contribution is -2.35. The Morgan fingerprint density at radius 3 is 2.62 bits per heavy atom. The van der Waals surface area contributed by atoms with Crippen molar-refractivity contribution in [1.82, 2.24) is 9.88 Å². The summed E-state index contributed by atoms with van der Waals surface area (Å²) in [5, 5.41) is 23.7. The lowest BCUT2D eigenvalue weighted by atomic mass is 10.0. The van der Waals surface area contributed by atoms with Gasteiger partial charge in [0, 0.05) is 17.3 Å². The number of aromatic nitrogens is 1. The molecule has 2 heterocycles. The zero-order valence-corrected chi connectivity index (χ0v) is 14.9. The van der Waals surface area contributed by atoms with Gasteiger partial charge in [0.1, 0.15) is 17.9 Å². The fourth-order valence-electron chi connectivity index (χ4n) is 2.79. The fourth-order valence-corrected chi connectivity index (χ4v) is 3.72. The Balaban J connectivity index is 2.21. The molecule has 3 N–H and O–H groups in total. The molecule has 0 atom stereocenters. The van der Waals surface area contributed by atoms with Crippen molar-refractivity contribution in [2.45, 2.75) is 6.92 Å². The number of fused-ring (bicyclic) bond motifs is 1. The number of nitrogens with one attached hydrogen (secondary N) is 1. The molecular weight excluding hydrogens is 356 g/mol. The molecule has 7 nitrogen and oxygen atoms in total. The van der Waals surface area contributed by atoms with Crippen LogP contribution in [0.2, 0.25) is 0 Å². The molecule has 0 saturated carbocycles. The second kappa shape index (κ2) is 6.64. The monoisotopic (exact) mass is 372 g/mol. The van der Waals surface area contributed by atoms with Gasteiger partial charge in [-0.25, -0.2) is 0 Å². The zero-order valence-electron chi connectivity index (χ0n) is 14.1. The van der Waals surface area contributed by atoms with E-state index in [1.54, 1.807) is 23.5 Å². The van der Waals surface area contributed by atoms with E-state index >= 15 is 0 Å². The standard InChI is InChI=1S/C18H16N2O5S/c1-9-5-6-26-16(9)10-3-4-12-11(7-10)15(23)14(18(25)20(12)2)17(24)19-8-13(21)22/h3-7,23H,8H2,1-2H3,(H,19,24)(H,21,22). The number of rotatable bonds is 4. The molecule has 3 aromatic rings. The summed E-state index contributed by atoms with van der Waals surface area (Å²) in [6.07, 6.45) is 0. The maximum absolute atomic E-state index is 12.5. The number of thiophene rings is 1. The quantitative estimate of drug-likeness (QED) is 0.650. The smallest absolute Gasteiger partial charge is 0.322 e. The maximum Gasteiger partial charge on any atom is 0.322 e. The van der Waals surface area contributed by atoms with Crippen LogP contribution >= 0.6 is 11.3 Å². The first kappa shape index (κ1) is 17.7. The first-order valence-corrected chi connectivity index (χ1v) is 8.59. The second-order valence-corrected chi connectivity index (χ2v) is 6.74. The second-order valence-electron chi connectivity index (χ2n) is 5.83. The van der Waals surface area contributed by atoms with Crippen LogP contribution in [-0.4, -0.2) is 33.2 Å². The minimum Gasteiger partial charge on any atom is -0.506 e. The summed E-state index contributed by atoms with van der Waals surface area (Å²) in [7, 11) is 1.49. The van der Waals surface area contributed by atoms with Gasteiger partial charge < -0.3 is 20.1 Å². The van der Waals surface area contributed by atoms with Crippen molar-refractivity contribution in [3.05, 3.63) is 51.1 Å². The van der Waals surface area contributed by atoms with Crippen molar-refractivity contribution >= 4 is 34.1 Å². The van der Waals surface area contributed by atoms with Gasteiger partial charge in [-0.15, -0.1) is 11.3 Å². The fraction of sp³-hybridized carbons (Fsp3) is 0.167. The Morgan fingerprint density at radius 2 is 2.00 bits per heavy atom. The summed E-state index contributed by atoms with van der Waals surface area (Å²) >= 11 is 1.55.